The molecule has 5 nitrogen and oxygen atoms in total. The molecular weight excluding hydrogens is 252 g/mol. The fraction of sp³-hybridized carbons (Fsp3) is 0.750. The Morgan fingerprint density at radius 3 is 2.56 bits per heavy atom. The molecule has 1 aromatic heterocycles. The molecule has 0 fully saturated rings. The first-order valence-electron chi connectivity index (χ1n) is 6.32. The number of rotatable bonds is 7. The van der Waals surface area contributed by atoms with Crippen LogP contribution in [0.15, 0.2) is 0 Å². The summed E-state index contributed by atoms with van der Waals surface area (Å²) in [6, 6.07) is 0.554. The summed E-state index contributed by atoms with van der Waals surface area (Å²) in [5.74, 6) is 1.08. The van der Waals surface area contributed by atoms with Crippen LogP contribution in [0.25, 0.3) is 0 Å². The molecule has 18 heavy (non-hydrogen) atoms. The average Bonchev–Trinajstić information content (AvgIpc) is 2.24. The van der Waals surface area contributed by atoms with Gasteiger partial charge in [0.25, 0.3) is 0 Å². The number of nitrogens with one attached hydrogen (secondary N) is 1. The van der Waals surface area contributed by atoms with Gasteiger partial charge in [0.2, 0.25) is 11.2 Å². The Kier molecular flexibility index (Phi) is 6.12. The minimum Gasteiger partial charge on any atom is -0.463 e. The SMILES string of the molecule is CCCOc1nc(Cl)nc(NC(C)CC(C)C)n1. The van der Waals surface area contributed by atoms with Crippen molar-refractivity contribution in [3.63, 3.8) is 0 Å². The van der Waals surface area contributed by atoms with Gasteiger partial charge in [-0.1, -0.05) is 20.8 Å². The summed E-state index contributed by atoms with van der Waals surface area (Å²) in [5.41, 5.74) is 0. The molecular formula is C12H21ClN4O. The maximum Gasteiger partial charge on any atom is 0.322 e. The van der Waals surface area contributed by atoms with Crippen molar-refractivity contribution in [3.8, 4) is 6.01 Å². The Hall–Kier alpha value is -1.10. The lowest BCUT2D eigenvalue weighted by Gasteiger charge is -2.16. The van der Waals surface area contributed by atoms with Gasteiger partial charge in [-0.15, -0.1) is 0 Å². The quantitative estimate of drug-likeness (QED) is 0.826. The van der Waals surface area contributed by atoms with Crippen LogP contribution in [0.1, 0.15) is 40.5 Å². The van der Waals surface area contributed by atoms with Crippen molar-refractivity contribution in [2.45, 2.75) is 46.6 Å². The van der Waals surface area contributed by atoms with Crippen LogP contribution in [0.4, 0.5) is 5.95 Å². The van der Waals surface area contributed by atoms with Gasteiger partial charge in [-0.25, -0.2) is 0 Å². The standard InChI is InChI=1S/C12H21ClN4O/c1-5-6-18-12-16-10(13)15-11(17-12)14-9(4)7-8(2)3/h8-9H,5-7H2,1-4H3,(H,14,15,16,17). The topological polar surface area (TPSA) is 59.9 Å². The molecule has 0 amide bonds. The third-order valence-electron chi connectivity index (χ3n) is 2.22. The highest BCUT2D eigenvalue weighted by Gasteiger charge is 2.10. The monoisotopic (exact) mass is 272 g/mol. The highest BCUT2D eigenvalue weighted by molar-refractivity contribution is 6.28. The first-order chi connectivity index (χ1) is 8.51. The summed E-state index contributed by atoms with van der Waals surface area (Å²) in [6.45, 7) is 9.03. The molecule has 0 saturated carbocycles. The molecule has 1 atom stereocenters. The van der Waals surface area contributed by atoms with Crippen LogP contribution < -0.4 is 10.1 Å². The molecule has 1 heterocycles. The van der Waals surface area contributed by atoms with Crippen molar-refractivity contribution in [2.24, 2.45) is 5.92 Å². The van der Waals surface area contributed by atoms with E-state index in [-0.39, 0.29) is 17.3 Å². The largest absolute Gasteiger partial charge is 0.463 e. The van der Waals surface area contributed by atoms with Crippen molar-refractivity contribution < 1.29 is 4.74 Å². The molecule has 0 aliphatic heterocycles. The van der Waals surface area contributed by atoms with Crippen LogP contribution in [0.5, 0.6) is 6.01 Å². The smallest absolute Gasteiger partial charge is 0.322 e. The average molecular weight is 273 g/mol. The van der Waals surface area contributed by atoms with E-state index in [4.69, 9.17) is 16.3 Å². The number of anilines is 1. The van der Waals surface area contributed by atoms with E-state index in [1.807, 2.05) is 6.92 Å². The van der Waals surface area contributed by atoms with Gasteiger partial charge < -0.3 is 10.1 Å². The Bertz CT molecular complexity index is 373. The van der Waals surface area contributed by atoms with Crippen molar-refractivity contribution in [2.75, 3.05) is 11.9 Å². The third-order valence-corrected chi connectivity index (χ3v) is 2.39. The van der Waals surface area contributed by atoms with E-state index in [1.54, 1.807) is 0 Å². The molecule has 1 unspecified atom stereocenters. The zero-order valence-electron chi connectivity index (χ0n) is 11.4. The van der Waals surface area contributed by atoms with E-state index in [0.29, 0.717) is 18.5 Å². The third kappa shape index (κ3) is 5.49. The van der Waals surface area contributed by atoms with Crippen LogP contribution in [-0.2, 0) is 0 Å². The molecule has 0 saturated heterocycles. The maximum atomic E-state index is 5.84. The molecule has 0 aliphatic rings. The Morgan fingerprint density at radius 2 is 1.94 bits per heavy atom. The molecule has 0 radical (unpaired) electrons. The molecule has 0 aromatic carbocycles. The number of halogens is 1. The Morgan fingerprint density at radius 1 is 1.22 bits per heavy atom. The lowest BCUT2D eigenvalue weighted by Crippen LogP contribution is -2.19. The summed E-state index contributed by atoms with van der Waals surface area (Å²) in [6.07, 6.45) is 1.93. The predicted molar refractivity (Wildman–Crippen MR) is 73.2 cm³/mol. The zero-order valence-corrected chi connectivity index (χ0v) is 12.2. The fourth-order valence-electron chi connectivity index (χ4n) is 1.64. The normalized spacial score (nSPS) is 12.6. The molecule has 6 heteroatoms. The van der Waals surface area contributed by atoms with Crippen LogP contribution in [0.2, 0.25) is 5.28 Å². The molecule has 102 valence electrons. The lowest BCUT2D eigenvalue weighted by atomic mass is 10.1. The van der Waals surface area contributed by atoms with E-state index in [1.165, 1.54) is 0 Å². The number of hydrogen-bond donors (Lipinski definition) is 1. The van der Waals surface area contributed by atoms with Crippen molar-refractivity contribution >= 4 is 17.5 Å². The number of hydrogen-bond acceptors (Lipinski definition) is 5. The highest BCUT2D eigenvalue weighted by atomic mass is 35.5. The van der Waals surface area contributed by atoms with Gasteiger partial charge in [-0.3, -0.25) is 0 Å². The molecule has 1 N–H and O–H groups in total. The highest BCUT2D eigenvalue weighted by Crippen LogP contribution is 2.14. The summed E-state index contributed by atoms with van der Waals surface area (Å²) in [7, 11) is 0. The first-order valence-corrected chi connectivity index (χ1v) is 6.70. The fourth-order valence-corrected chi connectivity index (χ4v) is 1.79. The minimum absolute atomic E-state index is 0.148. The van der Waals surface area contributed by atoms with Crippen LogP contribution in [0, 0.1) is 5.92 Å². The van der Waals surface area contributed by atoms with E-state index >= 15 is 0 Å². The molecule has 0 aliphatic carbocycles. The van der Waals surface area contributed by atoms with Gasteiger partial charge in [-0.2, -0.15) is 15.0 Å². The lowest BCUT2D eigenvalue weighted by molar-refractivity contribution is 0.291. The second-order valence-corrected chi connectivity index (χ2v) is 5.07. The van der Waals surface area contributed by atoms with Gasteiger partial charge >= 0.3 is 6.01 Å². The predicted octanol–water partition coefficient (Wildman–Crippen LogP) is 3.16. The van der Waals surface area contributed by atoms with E-state index in [9.17, 15) is 0 Å². The first kappa shape index (κ1) is 15.0. The number of ether oxygens (including phenoxy) is 1. The maximum absolute atomic E-state index is 5.84. The molecule has 0 spiro atoms. The van der Waals surface area contributed by atoms with E-state index < -0.39 is 0 Å². The van der Waals surface area contributed by atoms with Crippen LogP contribution in [-0.4, -0.2) is 27.6 Å². The Balaban J connectivity index is 2.67. The van der Waals surface area contributed by atoms with Crippen LogP contribution in [0.3, 0.4) is 0 Å². The molecule has 1 aromatic rings. The van der Waals surface area contributed by atoms with Crippen molar-refractivity contribution in [1.82, 2.24) is 15.0 Å². The van der Waals surface area contributed by atoms with Crippen LogP contribution >= 0.6 is 11.6 Å². The molecule has 0 bridgehead atoms. The van der Waals surface area contributed by atoms with Gasteiger partial charge in [0, 0.05) is 6.04 Å². The minimum atomic E-state index is 0.148. The number of aromatic nitrogens is 3. The van der Waals surface area contributed by atoms with Gasteiger partial charge in [-0.05, 0) is 37.3 Å². The summed E-state index contributed by atoms with van der Waals surface area (Å²) in [4.78, 5) is 12.1. The van der Waals surface area contributed by atoms with Gasteiger partial charge in [0.1, 0.15) is 0 Å². The Labute approximate surface area is 113 Å². The zero-order chi connectivity index (χ0) is 13.5. The molecule has 1 rings (SSSR count). The second kappa shape index (κ2) is 7.36. The summed E-state index contributed by atoms with van der Waals surface area (Å²) < 4.78 is 5.35. The summed E-state index contributed by atoms with van der Waals surface area (Å²) in [5, 5.41) is 3.35. The van der Waals surface area contributed by atoms with Gasteiger partial charge in [0.15, 0.2) is 0 Å². The summed E-state index contributed by atoms with van der Waals surface area (Å²) >= 11 is 5.84. The van der Waals surface area contributed by atoms with Gasteiger partial charge in [0.05, 0.1) is 6.61 Å². The van der Waals surface area contributed by atoms with Crippen molar-refractivity contribution in [1.29, 1.82) is 0 Å². The number of nitrogens with zero attached hydrogens (tertiary/aromatic N) is 3. The van der Waals surface area contributed by atoms with E-state index in [0.717, 1.165) is 12.8 Å². The second-order valence-electron chi connectivity index (χ2n) is 4.73. The van der Waals surface area contributed by atoms with Crippen molar-refractivity contribution in [3.05, 3.63) is 5.28 Å². The van der Waals surface area contributed by atoms with E-state index in [2.05, 4.69) is 41.0 Å².